The fourth-order valence-corrected chi connectivity index (χ4v) is 1.54. The van der Waals surface area contributed by atoms with Gasteiger partial charge in [-0.1, -0.05) is 11.3 Å². The van der Waals surface area contributed by atoms with Crippen LogP contribution in [0.4, 0.5) is 4.39 Å². The van der Waals surface area contributed by atoms with E-state index in [1.165, 1.54) is 10.7 Å². The van der Waals surface area contributed by atoms with Gasteiger partial charge in [0.25, 0.3) is 0 Å². The maximum atomic E-state index is 13.7. The van der Waals surface area contributed by atoms with Crippen molar-refractivity contribution in [1.82, 2.24) is 20.3 Å². The summed E-state index contributed by atoms with van der Waals surface area (Å²) in [4.78, 5) is 0. The van der Waals surface area contributed by atoms with E-state index in [0.29, 0.717) is 12.2 Å². The van der Waals surface area contributed by atoms with Crippen LogP contribution in [0.3, 0.4) is 0 Å². The number of aryl methyl sites for hydroxylation is 1. The Hall–Kier alpha value is -1.75. The standard InChI is InChI=1S/C11H13FN4/c1-8-3-4-11(10(12)5-8)16-9(6-13-2)7-14-15-16/h3-5,7,13H,6H2,1-2H3. The molecule has 1 aromatic heterocycles. The molecule has 2 aromatic rings. The number of halogens is 1. The quantitative estimate of drug-likeness (QED) is 0.851. The second-order valence-corrected chi connectivity index (χ2v) is 3.62. The molecule has 0 atom stereocenters. The Labute approximate surface area is 93.1 Å². The van der Waals surface area contributed by atoms with Gasteiger partial charge in [-0.2, -0.15) is 0 Å². The third-order valence-electron chi connectivity index (χ3n) is 2.31. The summed E-state index contributed by atoms with van der Waals surface area (Å²) in [6.07, 6.45) is 1.62. The molecular weight excluding hydrogens is 207 g/mol. The van der Waals surface area contributed by atoms with Crippen molar-refractivity contribution in [3.8, 4) is 5.69 Å². The zero-order chi connectivity index (χ0) is 11.5. The van der Waals surface area contributed by atoms with E-state index in [-0.39, 0.29) is 5.82 Å². The highest BCUT2D eigenvalue weighted by Crippen LogP contribution is 2.15. The van der Waals surface area contributed by atoms with Crippen molar-refractivity contribution in [3.63, 3.8) is 0 Å². The lowest BCUT2D eigenvalue weighted by atomic mass is 10.2. The first-order valence-corrected chi connectivity index (χ1v) is 5.03. The number of nitrogens with one attached hydrogen (secondary N) is 1. The Morgan fingerprint density at radius 2 is 2.25 bits per heavy atom. The van der Waals surface area contributed by atoms with Crippen LogP contribution in [0.5, 0.6) is 0 Å². The van der Waals surface area contributed by atoms with Crippen molar-refractivity contribution in [2.24, 2.45) is 0 Å². The molecule has 5 heteroatoms. The van der Waals surface area contributed by atoms with Gasteiger partial charge >= 0.3 is 0 Å². The zero-order valence-corrected chi connectivity index (χ0v) is 9.24. The van der Waals surface area contributed by atoms with Crippen LogP contribution in [0.2, 0.25) is 0 Å². The van der Waals surface area contributed by atoms with Crippen molar-refractivity contribution in [2.75, 3.05) is 7.05 Å². The van der Waals surface area contributed by atoms with E-state index in [0.717, 1.165) is 11.3 Å². The summed E-state index contributed by atoms with van der Waals surface area (Å²) in [5.41, 5.74) is 2.13. The van der Waals surface area contributed by atoms with Crippen LogP contribution < -0.4 is 5.32 Å². The molecule has 0 aliphatic heterocycles. The first-order valence-electron chi connectivity index (χ1n) is 5.03. The van der Waals surface area contributed by atoms with Crippen molar-refractivity contribution in [1.29, 1.82) is 0 Å². The van der Waals surface area contributed by atoms with Crippen LogP contribution in [-0.4, -0.2) is 22.0 Å². The molecular formula is C11H13FN4. The molecule has 0 bridgehead atoms. The second-order valence-electron chi connectivity index (χ2n) is 3.62. The molecule has 1 aromatic carbocycles. The number of hydrogen-bond donors (Lipinski definition) is 1. The average molecular weight is 220 g/mol. The highest BCUT2D eigenvalue weighted by atomic mass is 19.1. The summed E-state index contributed by atoms with van der Waals surface area (Å²) in [7, 11) is 1.82. The minimum Gasteiger partial charge on any atom is -0.314 e. The monoisotopic (exact) mass is 220 g/mol. The molecule has 16 heavy (non-hydrogen) atoms. The molecule has 84 valence electrons. The van der Waals surface area contributed by atoms with E-state index < -0.39 is 0 Å². The molecule has 0 fully saturated rings. The summed E-state index contributed by atoms with van der Waals surface area (Å²) >= 11 is 0. The number of rotatable bonds is 3. The van der Waals surface area contributed by atoms with Gasteiger partial charge in [0.15, 0.2) is 0 Å². The lowest BCUT2D eigenvalue weighted by molar-refractivity contribution is 0.598. The topological polar surface area (TPSA) is 42.7 Å². The predicted octanol–water partition coefficient (Wildman–Crippen LogP) is 1.43. The largest absolute Gasteiger partial charge is 0.314 e. The maximum Gasteiger partial charge on any atom is 0.149 e. The minimum absolute atomic E-state index is 0.289. The van der Waals surface area contributed by atoms with E-state index in [9.17, 15) is 4.39 Å². The van der Waals surface area contributed by atoms with E-state index in [4.69, 9.17) is 0 Å². The maximum absolute atomic E-state index is 13.7. The minimum atomic E-state index is -0.289. The molecule has 4 nitrogen and oxygen atoms in total. The number of benzene rings is 1. The molecule has 0 unspecified atom stereocenters. The van der Waals surface area contributed by atoms with Gasteiger partial charge in [0.2, 0.25) is 0 Å². The molecule has 1 heterocycles. The average Bonchev–Trinajstić information content (AvgIpc) is 2.67. The highest BCUT2D eigenvalue weighted by molar-refractivity contribution is 5.36. The van der Waals surface area contributed by atoms with Crippen molar-refractivity contribution < 1.29 is 4.39 Å². The van der Waals surface area contributed by atoms with E-state index in [2.05, 4.69) is 15.6 Å². The van der Waals surface area contributed by atoms with Crippen LogP contribution in [0.15, 0.2) is 24.4 Å². The number of aromatic nitrogens is 3. The molecule has 0 radical (unpaired) electrons. The van der Waals surface area contributed by atoms with Gasteiger partial charge in [0.1, 0.15) is 11.5 Å². The fraction of sp³-hybridized carbons (Fsp3) is 0.273. The molecule has 0 saturated heterocycles. The van der Waals surface area contributed by atoms with Crippen LogP contribution in [-0.2, 0) is 6.54 Å². The predicted molar refractivity (Wildman–Crippen MR) is 58.8 cm³/mol. The summed E-state index contributed by atoms with van der Waals surface area (Å²) in [6.45, 7) is 2.45. The van der Waals surface area contributed by atoms with E-state index >= 15 is 0 Å². The van der Waals surface area contributed by atoms with Gasteiger partial charge in [0.05, 0.1) is 11.9 Å². The SMILES string of the molecule is CNCc1cnnn1-c1ccc(C)cc1F. The smallest absolute Gasteiger partial charge is 0.149 e. The molecule has 0 saturated carbocycles. The highest BCUT2D eigenvalue weighted by Gasteiger charge is 2.09. The van der Waals surface area contributed by atoms with E-state index in [1.54, 1.807) is 12.3 Å². The Bertz CT molecular complexity index is 492. The first-order chi connectivity index (χ1) is 7.72. The number of hydrogen-bond acceptors (Lipinski definition) is 3. The Morgan fingerprint density at radius 1 is 1.44 bits per heavy atom. The van der Waals surface area contributed by atoms with Gasteiger partial charge in [-0.3, -0.25) is 0 Å². The zero-order valence-electron chi connectivity index (χ0n) is 9.24. The normalized spacial score (nSPS) is 10.7. The Balaban J connectivity index is 2.46. The van der Waals surface area contributed by atoms with Gasteiger partial charge in [-0.15, -0.1) is 5.10 Å². The lowest BCUT2D eigenvalue weighted by Gasteiger charge is -2.07. The summed E-state index contributed by atoms with van der Waals surface area (Å²) in [5, 5.41) is 10.7. The van der Waals surface area contributed by atoms with Crippen molar-refractivity contribution in [3.05, 3.63) is 41.5 Å². The number of nitrogens with zero attached hydrogens (tertiary/aromatic N) is 3. The van der Waals surface area contributed by atoms with E-state index in [1.807, 2.05) is 20.0 Å². The third kappa shape index (κ3) is 1.94. The van der Waals surface area contributed by atoms with Crippen LogP contribution in [0.25, 0.3) is 5.69 Å². The second kappa shape index (κ2) is 4.40. The van der Waals surface area contributed by atoms with Gasteiger partial charge < -0.3 is 5.32 Å². The molecule has 0 spiro atoms. The van der Waals surface area contributed by atoms with Crippen LogP contribution >= 0.6 is 0 Å². The molecule has 2 rings (SSSR count). The van der Waals surface area contributed by atoms with Crippen molar-refractivity contribution >= 4 is 0 Å². The first kappa shape index (κ1) is 10.8. The summed E-state index contributed by atoms with van der Waals surface area (Å²) in [6, 6.07) is 5.04. The Kier molecular flexibility index (Phi) is 2.96. The van der Waals surface area contributed by atoms with Crippen molar-refractivity contribution in [2.45, 2.75) is 13.5 Å². The lowest BCUT2D eigenvalue weighted by Crippen LogP contribution is -2.12. The third-order valence-corrected chi connectivity index (χ3v) is 2.31. The fourth-order valence-electron chi connectivity index (χ4n) is 1.54. The van der Waals surface area contributed by atoms with Gasteiger partial charge in [0, 0.05) is 6.54 Å². The summed E-state index contributed by atoms with van der Waals surface area (Å²) < 4.78 is 15.2. The molecule has 0 aliphatic rings. The van der Waals surface area contributed by atoms with Crippen LogP contribution in [0.1, 0.15) is 11.3 Å². The van der Waals surface area contributed by atoms with Crippen LogP contribution in [0, 0.1) is 12.7 Å². The molecule has 0 aliphatic carbocycles. The van der Waals surface area contributed by atoms with Gasteiger partial charge in [-0.25, -0.2) is 9.07 Å². The summed E-state index contributed by atoms with van der Waals surface area (Å²) in [5.74, 6) is -0.289. The van der Waals surface area contributed by atoms with Gasteiger partial charge in [-0.05, 0) is 31.7 Å². The molecule has 1 N–H and O–H groups in total. The molecule has 0 amide bonds. The Morgan fingerprint density at radius 3 is 2.94 bits per heavy atom.